The van der Waals surface area contributed by atoms with Crippen LogP contribution in [0.2, 0.25) is 0 Å². The van der Waals surface area contributed by atoms with Gasteiger partial charge in [0, 0.05) is 0 Å². The Morgan fingerprint density at radius 1 is 0.759 bits per heavy atom. The van der Waals surface area contributed by atoms with E-state index in [4.69, 9.17) is 9.47 Å². The SMILES string of the molecule is CCCCCCCCCCCCCCOC(=O)C(=O)Oc1ccccc1C(C)C. The summed E-state index contributed by atoms with van der Waals surface area (Å²) >= 11 is 0. The van der Waals surface area contributed by atoms with Crippen molar-refractivity contribution in [2.24, 2.45) is 0 Å². The molecule has 1 aromatic carbocycles. The maximum absolute atomic E-state index is 11.9. The summed E-state index contributed by atoms with van der Waals surface area (Å²) in [5.74, 6) is -1.23. The van der Waals surface area contributed by atoms with Crippen LogP contribution in [0.5, 0.6) is 5.75 Å². The Hall–Kier alpha value is -1.84. The molecule has 1 rings (SSSR count). The number of ether oxygens (including phenoxy) is 2. The van der Waals surface area contributed by atoms with E-state index in [9.17, 15) is 9.59 Å². The number of carbonyl (C=O) groups is 2. The normalized spacial score (nSPS) is 10.9. The number of rotatable bonds is 15. The van der Waals surface area contributed by atoms with Crippen molar-refractivity contribution in [1.29, 1.82) is 0 Å². The minimum Gasteiger partial charge on any atom is -0.457 e. The van der Waals surface area contributed by atoms with Gasteiger partial charge in [-0.1, -0.05) is 110 Å². The number of carbonyl (C=O) groups excluding carboxylic acids is 2. The molecule has 0 spiro atoms. The summed E-state index contributed by atoms with van der Waals surface area (Å²) in [6, 6.07) is 7.27. The molecule has 0 aromatic heterocycles. The van der Waals surface area contributed by atoms with Crippen molar-refractivity contribution in [3.8, 4) is 5.75 Å². The molecule has 4 nitrogen and oxygen atoms in total. The van der Waals surface area contributed by atoms with E-state index in [1.165, 1.54) is 57.8 Å². The van der Waals surface area contributed by atoms with Gasteiger partial charge < -0.3 is 9.47 Å². The molecule has 4 heteroatoms. The number of unbranched alkanes of at least 4 members (excludes halogenated alkanes) is 11. The maximum atomic E-state index is 11.9. The number of esters is 2. The zero-order chi connectivity index (χ0) is 21.3. The molecular weight excluding hydrogens is 364 g/mol. The molecule has 0 atom stereocenters. The maximum Gasteiger partial charge on any atom is 0.422 e. The summed E-state index contributed by atoms with van der Waals surface area (Å²) in [5.41, 5.74) is 0.898. The van der Waals surface area contributed by atoms with Crippen LogP contribution in [0.15, 0.2) is 24.3 Å². The smallest absolute Gasteiger partial charge is 0.422 e. The predicted molar refractivity (Wildman–Crippen MR) is 118 cm³/mol. The van der Waals surface area contributed by atoms with Crippen LogP contribution >= 0.6 is 0 Å². The largest absolute Gasteiger partial charge is 0.457 e. The Morgan fingerprint density at radius 2 is 1.28 bits per heavy atom. The third-order valence-corrected chi connectivity index (χ3v) is 5.14. The van der Waals surface area contributed by atoms with Gasteiger partial charge in [-0.3, -0.25) is 0 Å². The summed E-state index contributed by atoms with van der Waals surface area (Å²) in [6.07, 6.45) is 15.0. The standard InChI is InChI=1S/C25H40O4/c1-4-5-6-7-8-9-10-11-12-13-14-17-20-28-24(26)25(27)29-23-19-16-15-18-22(23)21(2)3/h15-16,18-19,21H,4-14,17,20H2,1-3H3. The van der Waals surface area contributed by atoms with Gasteiger partial charge in [0.15, 0.2) is 0 Å². The first-order valence-corrected chi connectivity index (χ1v) is 11.5. The Balaban J connectivity index is 2.05. The van der Waals surface area contributed by atoms with Crippen molar-refractivity contribution in [2.75, 3.05) is 6.61 Å². The first-order chi connectivity index (χ1) is 14.1. The fourth-order valence-corrected chi connectivity index (χ4v) is 3.36. The molecule has 0 aliphatic rings. The lowest BCUT2D eigenvalue weighted by molar-refractivity contribution is -0.162. The second-order valence-electron chi connectivity index (χ2n) is 8.11. The number of benzene rings is 1. The van der Waals surface area contributed by atoms with Crippen LogP contribution in [-0.4, -0.2) is 18.5 Å². The molecule has 0 aliphatic heterocycles. The Bertz CT molecular complexity index is 580. The topological polar surface area (TPSA) is 52.6 Å². The van der Waals surface area contributed by atoms with E-state index >= 15 is 0 Å². The van der Waals surface area contributed by atoms with E-state index in [-0.39, 0.29) is 12.5 Å². The molecule has 29 heavy (non-hydrogen) atoms. The van der Waals surface area contributed by atoms with Gasteiger partial charge in [0.2, 0.25) is 0 Å². The van der Waals surface area contributed by atoms with Crippen LogP contribution in [0, 0.1) is 0 Å². The van der Waals surface area contributed by atoms with Crippen molar-refractivity contribution in [3.05, 3.63) is 29.8 Å². The lowest BCUT2D eigenvalue weighted by Gasteiger charge is -2.12. The Labute approximate surface area is 177 Å². The Kier molecular flexibility index (Phi) is 13.9. The molecule has 0 saturated carbocycles. The van der Waals surface area contributed by atoms with Gasteiger partial charge in [-0.15, -0.1) is 0 Å². The highest BCUT2D eigenvalue weighted by atomic mass is 16.6. The van der Waals surface area contributed by atoms with Gasteiger partial charge in [0.25, 0.3) is 0 Å². The second kappa shape index (κ2) is 16.0. The van der Waals surface area contributed by atoms with Gasteiger partial charge in [0.05, 0.1) is 6.61 Å². The lowest BCUT2D eigenvalue weighted by atomic mass is 10.0. The third-order valence-electron chi connectivity index (χ3n) is 5.14. The molecule has 1 aromatic rings. The van der Waals surface area contributed by atoms with E-state index in [1.54, 1.807) is 12.1 Å². The van der Waals surface area contributed by atoms with Crippen molar-refractivity contribution in [3.63, 3.8) is 0 Å². The van der Waals surface area contributed by atoms with Crippen LogP contribution in [0.3, 0.4) is 0 Å². The van der Waals surface area contributed by atoms with Gasteiger partial charge in [0.1, 0.15) is 5.75 Å². The summed E-state index contributed by atoms with van der Waals surface area (Å²) < 4.78 is 10.3. The minimum atomic E-state index is -0.947. The summed E-state index contributed by atoms with van der Waals surface area (Å²) in [4.78, 5) is 23.8. The zero-order valence-corrected chi connectivity index (χ0v) is 18.7. The number of hydrogen-bond donors (Lipinski definition) is 0. The van der Waals surface area contributed by atoms with E-state index in [2.05, 4.69) is 6.92 Å². The average molecular weight is 405 g/mol. The Morgan fingerprint density at radius 3 is 1.83 bits per heavy atom. The van der Waals surface area contributed by atoms with Crippen LogP contribution in [0.4, 0.5) is 0 Å². The van der Waals surface area contributed by atoms with Crippen molar-refractivity contribution in [1.82, 2.24) is 0 Å². The van der Waals surface area contributed by atoms with Crippen LogP contribution in [0.25, 0.3) is 0 Å². The molecular formula is C25H40O4. The molecule has 0 saturated heterocycles. The summed E-state index contributed by atoms with van der Waals surface area (Å²) in [6.45, 7) is 6.55. The van der Waals surface area contributed by atoms with Gasteiger partial charge in [-0.2, -0.15) is 0 Å². The van der Waals surface area contributed by atoms with E-state index in [1.807, 2.05) is 26.0 Å². The first kappa shape index (κ1) is 25.2. The van der Waals surface area contributed by atoms with Crippen molar-refractivity contribution < 1.29 is 19.1 Å². The molecule has 0 bridgehead atoms. The van der Waals surface area contributed by atoms with Gasteiger partial charge >= 0.3 is 11.9 Å². The number of para-hydroxylation sites is 1. The predicted octanol–water partition coefficient (Wildman–Crippen LogP) is 6.96. The second-order valence-corrected chi connectivity index (χ2v) is 8.11. The van der Waals surface area contributed by atoms with Crippen LogP contribution < -0.4 is 4.74 Å². The molecule has 164 valence electrons. The van der Waals surface area contributed by atoms with E-state index in [0.29, 0.717) is 5.75 Å². The molecule has 0 fully saturated rings. The highest BCUT2D eigenvalue weighted by Gasteiger charge is 2.20. The van der Waals surface area contributed by atoms with E-state index in [0.717, 1.165) is 24.8 Å². The third kappa shape index (κ3) is 11.7. The van der Waals surface area contributed by atoms with Crippen molar-refractivity contribution in [2.45, 2.75) is 104 Å². The number of hydrogen-bond acceptors (Lipinski definition) is 4. The monoisotopic (exact) mass is 404 g/mol. The van der Waals surface area contributed by atoms with Crippen LogP contribution in [0.1, 0.15) is 109 Å². The van der Waals surface area contributed by atoms with Crippen LogP contribution in [-0.2, 0) is 14.3 Å². The molecule has 0 amide bonds. The molecule has 0 heterocycles. The quantitative estimate of drug-likeness (QED) is 0.137. The zero-order valence-electron chi connectivity index (χ0n) is 18.7. The van der Waals surface area contributed by atoms with Gasteiger partial charge in [-0.05, 0) is 24.0 Å². The molecule has 0 unspecified atom stereocenters. The fraction of sp³-hybridized carbons (Fsp3) is 0.680. The van der Waals surface area contributed by atoms with E-state index < -0.39 is 11.9 Å². The average Bonchev–Trinajstić information content (AvgIpc) is 2.71. The molecule has 0 aliphatic carbocycles. The van der Waals surface area contributed by atoms with Crippen molar-refractivity contribution >= 4 is 11.9 Å². The highest BCUT2D eigenvalue weighted by Crippen LogP contribution is 2.26. The highest BCUT2D eigenvalue weighted by molar-refractivity contribution is 6.30. The van der Waals surface area contributed by atoms with Gasteiger partial charge in [-0.25, -0.2) is 9.59 Å². The summed E-state index contributed by atoms with van der Waals surface area (Å²) in [5, 5.41) is 0. The molecule has 0 radical (unpaired) electrons. The first-order valence-electron chi connectivity index (χ1n) is 11.5. The molecule has 0 N–H and O–H groups in total. The lowest BCUT2D eigenvalue weighted by Crippen LogP contribution is -2.24. The summed E-state index contributed by atoms with van der Waals surface area (Å²) in [7, 11) is 0. The fourth-order valence-electron chi connectivity index (χ4n) is 3.36. The minimum absolute atomic E-state index is 0.205.